The Labute approximate surface area is 223 Å². The molecule has 2 atom stereocenters. The van der Waals surface area contributed by atoms with Gasteiger partial charge in [0.15, 0.2) is 0 Å². The van der Waals surface area contributed by atoms with Crippen molar-refractivity contribution in [2.45, 2.75) is 42.6 Å². The number of rotatable bonds is 7. The Hall–Kier alpha value is -3.10. The third-order valence-electron chi connectivity index (χ3n) is 6.24. The molecule has 4 aromatic rings. The quantitative estimate of drug-likeness (QED) is 0.229. The number of amides is 1. The normalized spacial score (nSPS) is 18.7. The van der Waals surface area contributed by atoms with Gasteiger partial charge in [-0.05, 0) is 55.6 Å². The van der Waals surface area contributed by atoms with E-state index in [0.717, 1.165) is 5.56 Å². The number of pyridine rings is 1. The molecule has 0 spiro atoms. The maximum atomic E-state index is 14.7. The average molecular weight is 569 g/mol. The number of halogens is 4. The summed E-state index contributed by atoms with van der Waals surface area (Å²) in [5, 5.41) is 11.4. The number of aryl methyl sites for hydroxylation is 1. The van der Waals surface area contributed by atoms with Crippen molar-refractivity contribution in [3.63, 3.8) is 0 Å². The van der Waals surface area contributed by atoms with Crippen LogP contribution >= 0.6 is 23.1 Å². The molecule has 1 aliphatic rings. The van der Waals surface area contributed by atoms with Crippen molar-refractivity contribution in [3.05, 3.63) is 52.2 Å². The molecule has 5 rings (SSSR count). The van der Waals surface area contributed by atoms with E-state index in [4.69, 9.17) is 4.52 Å². The summed E-state index contributed by atoms with van der Waals surface area (Å²) < 4.78 is 62.0. The Morgan fingerprint density at radius 2 is 2.16 bits per heavy atom. The van der Waals surface area contributed by atoms with Gasteiger partial charge >= 0.3 is 5.51 Å². The van der Waals surface area contributed by atoms with Crippen molar-refractivity contribution in [1.29, 1.82) is 0 Å². The SMILES string of the molecule is Cc1ccsc1C(=O)NCc1nc(-c2cc3c(N[C@@H]4CCN(C)C[C@@H]4F)cccn3c2SC(F)(F)F)no1. The van der Waals surface area contributed by atoms with Gasteiger partial charge in [0.25, 0.3) is 5.91 Å². The fourth-order valence-electron chi connectivity index (χ4n) is 4.37. The van der Waals surface area contributed by atoms with Gasteiger partial charge in [-0.25, -0.2) is 4.39 Å². The molecule has 1 fully saturated rings. The summed E-state index contributed by atoms with van der Waals surface area (Å²) in [6.45, 7) is 2.71. The summed E-state index contributed by atoms with van der Waals surface area (Å²) in [4.78, 5) is 19.1. The molecule has 0 radical (unpaired) electrons. The lowest BCUT2D eigenvalue weighted by Gasteiger charge is -2.33. The fourth-order valence-corrected chi connectivity index (χ4v) is 5.94. The number of thiophene rings is 1. The first-order chi connectivity index (χ1) is 18.1. The van der Waals surface area contributed by atoms with E-state index >= 15 is 0 Å². The van der Waals surface area contributed by atoms with Crippen LogP contribution in [0, 0.1) is 6.92 Å². The van der Waals surface area contributed by atoms with Crippen LogP contribution in [-0.2, 0) is 6.54 Å². The Balaban J connectivity index is 1.44. The number of fused-ring (bicyclic) bond motifs is 1. The van der Waals surface area contributed by atoms with Crippen molar-refractivity contribution in [3.8, 4) is 11.4 Å². The van der Waals surface area contributed by atoms with E-state index in [0.29, 0.717) is 29.0 Å². The second-order valence-electron chi connectivity index (χ2n) is 9.03. The highest BCUT2D eigenvalue weighted by molar-refractivity contribution is 8.00. The second-order valence-corrected chi connectivity index (χ2v) is 11.0. The van der Waals surface area contributed by atoms with Crippen molar-refractivity contribution in [1.82, 2.24) is 24.8 Å². The van der Waals surface area contributed by atoms with Crippen LogP contribution in [-0.4, -0.2) is 63.2 Å². The topological polar surface area (TPSA) is 87.7 Å². The van der Waals surface area contributed by atoms with E-state index in [1.165, 1.54) is 28.0 Å². The van der Waals surface area contributed by atoms with Crippen LogP contribution in [0.1, 0.15) is 27.5 Å². The summed E-state index contributed by atoms with van der Waals surface area (Å²) in [5.74, 6) is -0.313. The van der Waals surface area contributed by atoms with Crippen LogP contribution in [0.5, 0.6) is 0 Å². The smallest absolute Gasteiger partial charge is 0.378 e. The number of alkyl halides is 4. The number of nitrogens with one attached hydrogen (secondary N) is 2. The fraction of sp³-hybridized carbons (Fsp3) is 0.375. The molecule has 1 aliphatic heterocycles. The van der Waals surface area contributed by atoms with Crippen LogP contribution in [0.4, 0.5) is 23.2 Å². The number of aromatic nitrogens is 3. The molecule has 0 aliphatic carbocycles. The zero-order chi connectivity index (χ0) is 27.0. The number of carbonyl (C=O) groups is 1. The predicted octanol–water partition coefficient (Wildman–Crippen LogP) is 5.36. The van der Waals surface area contributed by atoms with Gasteiger partial charge in [-0.15, -0.1) is 11.3 Å². The van der Waals surface area contributed by atoms with Gasteiger partial charge in [0, 0.05) is 31.0 Å². The lowest BCUT2D eigenvalue weighted by molar-refractivity contribution is -0.0329. The number of piperidine rings is 1. The summed E-state index contributed by atoms with van der Waals surface area (Å²) in [7, 11) is 1.84. The monoisotopic (exact) mass is 568 g/mol. The van der Waals surface area contributed by atoms with Gasteiger partial charge < -0.3 is 24.5 Å². The third kappa shape index (κ3) is 5.66. The molecule has 202 valence electrons. The van der Waals surface area contributed by atoms with E-state index in [1.54, 1.807) is 17.5 Å². The number of hydrogen-bond donors (Lipinski definition) is 2. The minimum Gasteiger partial charge on any atom is -0.378 e. The standard InChI is InChI=1S/C24H24F4N6O2S2/c1-13-6-9-37-20(13)22(35)29-11-19-31-21(32-36-19)14-10-18-17(30-16-5-8-33(2)12-15(16)25)4-3-7-34(18)23(14)38-24(26,27)28/h3-4,6-7,9-10,15-16,30H,5,8,11-12H2,1-2H3,(H,29,35)/t15-,16+/m0/s1. The lowest BCUT2D eigenvalue weighted by atomic mass is 10.0. The molecule has 1 amide bonds. The first-order valence-corrected chi connectivity index (χ1v) is 13.4. The summed E-state index contributed by atoms with van der Waals surface area (Å²) >= 11 is 1.00. The van der Waals surface area contributed by atoms with Crippen molar-refractivity contribution in [2.24, 2.45) is 0 Å². The third-order valence-corrected chi connectivity index (χ3v) is 8.10. The second kappa shape index (κ2) is 10.6. The Morgan fingerprint density at radius 3 is 2.87 bits per heavy atom. The number of anilines is 1. The molecule has 1 saturated heterocycles. The molecule has 14 heteroatoms. The van der Waals surface area contributed by atoms with Crippen molar-refractivity contribution in [2.75, 3.05) is 25.5 Å². The molecule has 0 bridgehead atoms. The highest BCUT2D eigenvalue weighted by Crippen LogP contribution is 2.43. The predicted molar refractivity (Wildman–Crippen MR) is 137 cm³/mol. The van der Waals surface area contributed by atoms with Gasteiger partial charge in [-0.2, -0.15) is 18.2 Å². The summed E-state index contributed by atoms with van der Waals surface area (Å²) in [6, 6.07) is 6.19. The number of likely N-dealkylation sites (tertiary alicyclic amines) is 1. The zero-order valence-electron chi connectivity index (χ0n) is 20.4. The van der Waals surface area contributed by atoms with E-state index in [9.17, 15) is 22.4 Å². The van der Waals surface area contributed by atoms with Crippen LogP contribution in [0.3, 0.4) is 0 Å². The maximum Gasteiger partial charge on any atom is 0.447 e. The first-order valence-electron chi connectivity index (χ1n) is 11.7. The van der Waals surface area contributed by atoms with Crippen molar-refractivity contribution < 1.29 is 26.9 Å². The van der Waals surface area contributed by atoms with Gasteiger partial charge in [0.2, 0.25) is 11.7 Å². The Bertz CT molecular complexity index is 1450. The van der Waals surface area contributed by atoms with Crippen LogP contribution in [0.25, 0.3) is 16.9 Å². The Kier molecular flexibility index (Phi) is 7.38. The Morgan fingerprint density at radius 1 is 1.34 bits per heavy atom. The summed E-state index contributed by atoms with van der Waals surface area (Å²) in [5.41, 5.74) is -2.71. The van der Waals surface area contributed by atoms with Crippen LogP contribution in [0.15, 0.2) is 45.4 Å². The van der Waals surface area contributed by atoms with E-state index < -0.39 is 17.7 Å². The highest BCUT2D eigenvalue weighted by atomic mass is 32.2. The minimum absolute atomic E-state index is 0.0470. The maximum absolute atomic E-state index is 14.7. The number of hydrogen-bond acceptors (Lipinski definition) is 8. The van der Waals surface area contributed by atoms with Gasteiger partial charge in [0.1, 0.15) is 6.17 Å². The van der Waals surface area contributed by atoms with Gasteiger partial charge in [-0.1, -0.05) is 5.16 Å². The van der Waals surface area contributed by atoms with Gasteiger partial charge in [0.05, 0.1) is 39.3 Å². The molecule has 2 N–H and O–H groups in total. The largest absolute Gasteiger partial charge is 0.447 e. The molecule has 0 aromatic carbocycles. The number of nitrogens with zero attached hydrogens (tertiary/aromatic N) is 4. The van der Waals surface area contributed by atoms with E-state index in [2.05, 4.69) is 20.8 Å². The molecular weight excluding hydrogens is 544 g/mol. The number of thioether (sulfide) groups is 1. The minimum atomic E-state index is -4.58. The van der Waals surface area contributed by atoms with Crippen molar-refractivity contribution >= 4 is 40.2 Å². The first kappa shape index (κ1) is 26.5. The molecule has 0 unspecified atom stereocenters. The molecular formula is C24H24F4N6O2S2. The highest BCUT2D eigenvalue weighted by Gasteiger charge is 2.34. The van der Waals surface area contributed by atoms with E-state index in [1.807, 2.05) is 24.9 Å². The lowest BCUT2D eigenvalue weighted by Crippen LogP contribution is -2.46. The summed E-state index contributed by atoms with van der Waals surface area (Å²) in [6.07, 6.45) is 0.936. The van der Waals surface area contributed by atoms with Gasteiger partial charge in [-0.3, -0.25) is 4.79 Å². The molecule has 5 heterocycles. The average Bonchev–Trinajstić information content (AvgIpc) is 3.58. The number of carbonyl (C=O) groups excluding carboxylic acids is 1. The van der Waals surface area contributed by atoms with Crippen LogP contribution in [0.2, 0.25) is 0 Å². The van der Waals surface area contributed by atoms with Crippen LogP contribution < -0.4 is 10.6 Å². The molecule has 38 heavy (non-hydrogen) atoms. The van der Waals surface area contributed by atoms with E-state index in [-0.39, 0.29) is 53.1 Å². The zero-order valence-corrected chi connectivity index (χ0v) is 22.0. The molecule has 8 nitrogen and oxygen atoms in total. The molecule has 0 saturated carbocycles. The molecule has 4 aromatic heterocycles.